The highest BCUT2D eigenvalue weighted by Crippen LogP contribution is 2.42. The molecule has 0 aliphatic carbocycles. The Kier molecular flexibility index (Phi) is 3.68. The van der Waals surface area contributed by atoms with Crippen molar-refractivity contribution in [1.29, 1.82) is 0 Å². The summed E-state index contributed by atoms with van der Waals surface area (Å²) >= 11 is 7.42. The first kappa shape index (κ1) is 16.3. The Balaban J connectivity index is 1.71. The van der Waals surface area contributed by atoms with Crippen LogP contribution in [-0.4, -0.2) is 59.6 Å². The van der Waals surface area contributed by atoms with Crippen LogP contribution >= 0.6 is 22.9 Å². The van der Waals surface area contributed by atoms with Gasteiger partial charge in [-0.05, 0) is 19.3 Å². The minimum absolute atomic E-state index is 0.00548. The monoisotopic (exact) mass is 388 g/mol. The minimum Gasteiger partial charge on any atom is -0.345 e. The Morgan fingerprint density at radius 1 is 1.33 bits per heavy atom. The summed E-state index contributed by atoms with van der Waals surface area (Å²) in [6.45, 7) is 1.28. The third kappa shape index (κ3) is 2.22. The quantitative estimate of drug-likeness (QED) is 0.784. The van der Waals surface area contributed by atoms with E-state index >= 15 is 0 Å². The van der Waals surface area contributed by atoms with Gasteiger partial charge in [0.2, 0.25) is 5.91 Å². The van der Waals surface area contributed by atoms with Crippen LogP contribution in [0.2, 0.25) is 5.15 Å². The number of aromatic nitrogens is 2. The lowest BCUT2D eigenvalue weighted by atomic mass is 9.78. The molecule has 4 rings (SSSR count). The molecule has 2 aromatic rings. The molecule has 7 nitrogen and oxygen atoms in total. The van der Waals surface area contributed by atoms with Crippen LogP contribution in [0.1, 0.15) is 19.3 Å². The number of sulfonamides is 1. The fourth-order valence-electron chi connectivity index (χ4n) is 3.78. The van der Waals surface area contributed by atoms with Gasteiger partial charge >= 0.3 is 0 Å². The molecule has 0 aromatic carbocycles. The molecule has 1 spiro atoms. The van der Waals surface area contributed by atoms with Gasteiger partial charge in [0.1, 0.15) is 0 Å². The van der Waals surface area contributed by atoms with E-state index in [1.54, 1.807) is 23.5 Å². The molecule has 4 heterocycles. The van der Waals surface area contributed by atoms with Crippen molar-refractivity contribution in [3.63, 3.8) is 0 Å². The normalized spacial score (nSPS) is 26.1. The van der Waals surface area contributed by atoms with Crippen molar-refractivity contribution < 1.29 is 13.2 Å². The molecule has 130 valence electrons. The van der Waals surface area contributed by atoms with Crippen LogP contribution in [0.15, 0.2) is 16.6 Å². The van der Waals surface area contributed by atoms with E-state index in [4.69, 9.17) is 11.6 Å². The number of thiazole rings is 1. The second-order valence-electron chi connectivity index (χ2n) is 6.46. The number of fused-ring (bicyclic) bond motifs is 1. The van der Waals surface area contributed by atoms with Crippen LogP contribution in [0.5, 0.6) is 0 Å². The van der Waals surface area contributed by atoms with E-state index in [0.717, 1.165) is 19.4 Å². The number of imidazole rings is 1. The Morgan fingerprint density at radius 3 is 2.92 bits per heavy atom. The van der Waals surface area contributed by atoms with Gasteiger partial charge in [0.05, 0.1) is 5.41 Å². The highest BCUT2D eigenvalue weighted by atomic mass is 35.5. The number of halogens is 1. The Labute approximate surface area is 148 Å². The van der Waals surface area contributed by atoms with E-state index < -0.39 is 15.4 Å². The van der Waals surface area contributed by atoms with E-state index in [1.807, 2.05) is 0 Å². The van der Waals surface area contributed by atoms with Crippen LogP contribution in [0.3, 0.4) is 0 Å². The summed E-state index contributed by atoms with van der Waals surface area (Å²) in [5.41, 5.74) is -0.592. The van der Waals surface area contributed by atoms with Gasteiger partial charge in [0, 0.05) is 38.3 Å². The van der Waals surface area contributed by atoms with Crippen LogP contribution in [0, 0.1) is 5.41 Å². The fourth-order valence-corrected chi connectivity index (χ4v) is 6.71. The maximum atomic E-state index is 13.1. The topological polar surface area (TPSA) is 75.0 Å². The molecule has 10 heteroatoms. The van der Waals surface area contributed by atoms with Gasteiger partial charge in [-0.2, -0.15) is 4.31 Å². The zero-order valence-electron chi connectivity index (χ0n) is 13.1. The van der Waals surface area contributed by atoms with Gasteiger partial charge in [0.15, 0.2) is 15.1 Å². The average Bonchev–Trinajstić information content (AvgIpc) is 3.19. The molecule has 2 aliphatic heterocycles. The molecular weight excluding hydrogens is 372 g/mol. The molecule has 2 aliphatic rings. The molecule has 0 radical (unpaired) electrons. The second-order valence-corrected chi connectivity index (χ2v) is 9.55. The third-order valence-electron chi connectivity index (χ3n) is 5.03. The summed E-state index contributed by atoms with van der Waals surface area (Å²) in [5.74, 6) is 0.0477. The van der Waals surface area contributed by atoms with Gasteiger partial charge < -0.3 is 4.90 Å². The van der Waals surface area contributed by atoms with Crippen molar-refractivity contribution in [3.05, 3.63) is 16.7 Å². The molecule has 2 aromatic heterocycles. The zero-order chi connectivity index (χ0) is 17.1. The summed E-state index contributed by atoms with van der Waals surface area (Å²) in [4.78, 5) is 19.0. The summed E-state index contributed by atoms with van der Waals surface area (Å²) < 4.78 is 29.1. The number of rotatable bonds is 2. The zero-order valence-corrected chi connectivity index (χ0v) is 15.5. The average molecular weight is 389 g/mol. The van der Waals surface area contributed by atoms with Gasteiger partial charge in [0.25, 0.3) is 10.0 Å². The molecule has 1 amide bonds. The van der Waals surface area contributed by atoms with E-state index in [0.29, 0.717) is 17.9 Å². The number of likely N-dealkylation sites (tertiary alicyclic amines) is 1. The lowest BCUT2D eigenvalue weighted by molar-refractivity contribution is -0.143. The maximum Gasteiger partial charge on any atom is 0.262 e. The molecule has 0 saturated carbocycles. The summed E-state index contributed by atoms with van der Waals surface area (Å²) in [6.07, 6.45) is 3.84. The number of carbonyl (C=O) groups is 1. The first-order chi connectivity index (χ1) is 11.3. The van der Waals surface area contributed by atoms with Crippen molar-refractivity contribution >= 4 is 43.8 Å². The Bertz CT molecular complexity index is 922. The molecule has 2 saturated heterocycles. The maximum absolute atomic E-state index is 13.1. The molecular formula is C14H17ClN4O3S2. The lowest BCUT2D eigenvalue weighted by Crippen LogP contribution is -2.48. The molecule has 24 heavy (non-hydrogen) atoms. The predicted molar refractivity (Wildman–Crippen MR) is 90.8 cm³/mol. The van der Waals surface area contributed by atoms with Crippen LogP contribution in [0.4, 0.5) is 0 Å². The Hall–Kier alpha value is -1.16. The van der Waals surface area contributed by atoms with Gasteiger partial charge in [-0.3, -0.25) is 9.20 Å². The van der Waals surface area contributed by atoms with Crippen molar-refractivity contribution in [2.45, 2.75) is 24.3 Å². The largest absolute Gasteiger partial charge is 0.345 e. The SMILES string of the molecule is CN1CCC[C@@]2(CCN(S(=O)(=O)c3c(Cl)nc4sccn34)C2)C1=O. The van der Waals surface area contributed by atoms with Crippen LogP contribution < -0.4 is 0 Å². The predicted octanol–water partition coefficient (Wildman–Crippen LogP) is 1.68. The number of carbonyl (C=O) groups excluding carboxylic acids is 1. The van der Waals surface area contributed by atoms with Crippen molar-refractivity contribution in [2.75, 3.05) is 26.7 Å². The third-order valence-corrected chi connectivity index (χ3v) is 8.03. The van der Waals surface area contributed by atoms with Crippen LogP contribution in [-0.2, 0) is 14.8 Å². The van der Waals surface area contributed by atoms with E-state index in [9.17, 15) is 13.2 Å². The standard InChI is InChI=1S/C14H17ClN4O3S2/c1-17-5-2-3-14(12(17)20)4-6-18(9-14)24(21,22)11-10(15)16-13-19(11)7-8-23-13/h7-8H,2-6,9H2,1H3/t14-/m0/s1. The van der Waals surface area contributed by atoms with Crippen molar-refractivity contribution in [1.82, 2.24) is 18.6 Å². The summed E-state index contributed by atoms with van der Waals surface area (Å²) in [7, 11) is -2.02. The molecule has 0 bridgehead atoms. The summed E-state index contributed by atoms with van der Waals surface area (Å²) in [6, 6.07) is 0. The van der Waals surface area contributed by atoms with Crippen molar-refractivity contribution in [2.24, 2.45) is 5.41 Å². The fraction of sp³-hybridized carbons (Fsp3) is 0.571. The highest BCUT2D eigenvalue weighted by molar-refractivity contribution is 7.89. The number of nitrogens with zero attached hydrogens (tertiary/aromatic N) is 4. The van der Waals surface area contributed by atoms with Crippen molar-refractivity contribution in [3.8, 4) is 0 Å². The summed E-state index contributed by atoms with van der Waals surface area (Å²) in [5, 5.41) is 1.74. The van der Waals surface area contributed by atoms with Gasteiger partial charge in [-0.1, -0.05) is 11.6 Å². The first-order valence-electron chi connectivity index (χ1n) is 7.72. The first-order valence-corrected chi connectivity index (χ1v) is 10.4. The Morgan fingerprint density at radius 2 is 2.12 bits per heavy atom. The number of piperidine rings is 1. The van der Waals surface area contributed by atoms with E-state index in [1.165, 1.54) is 20.0 Å². The van der Waals surface area contributed by atoms with Gasteiger partial charge in [-0.15, -0.1) is 11.3 Å². The molecule has 2 fully saturated rings. The van der Waals surface area contributed by atoms with E-state index in [-0.39, 0.29) is 22.6 Å². The molecule has 1 atom stereocenters. The lowest BCUT2D eigenvalue weighted by Gasteiger charge is -2.37. The van der Waals surface area contributed by atoms with E-state index in [2.05, 4.69) is 4.98 Å². The van der Waals surface area contributed by atoms with Gasteiger partial charge in [-0.25, -0.2) is 13.4 Å². The smallest absolute Gasteiger partial charge is 0.262 e. The highest BCUT2D eigenvalue weighted by Gasteiger charge is 2.51. The molecule has 0 N–H and O–H groups in total. The number of hydrogen-bond donors (Lipinski definition) is 0. The minimum atomic E-state index is -3.80. The molecule has 0 unspecified atom stereocenters. The number of hydrogen-bond acceptors (Lipinski definition) is 5. The number of amides is 1. The second kappa shape index (κ2) is 5.42. The van der Waals surface area contributed by atoms with Crippen LogP contribution in [0.25, 0.3) is 4.96 Å².